The molecule has 10 aromatic rings. The zero-order chi connectivity index (χ0) is 95.8. The van der Waals surface area contributed by atoms with Crippen molar-refractivity contribution in [2.24, 2.45) is 27.1 Å². The van der Waals surface area contributed by atoms with Crippen LogP contribution < -0.4 is 23.7 Å². The highest BCUT2D eigenvalue weighted by Crippen LogP contribution is 2.56. The summed E-state index contributed by atoms with van der Waals surface area (Å²) in [7, 11) is 6.16. The van der Waals surface area contributed by atoms with Crippen LogP contribution in [0.5, 0.6) is 28.7 Å². The average molecular weight is 1830 g/mol. The molecule has 5 aliphatic carbocycles. The molecule has 132 heavy (non-hydrogen) atoms. The van der Waals surface area contributed by atoms with Gasteiger partial charge in [0.1, 0.15) is 57.8 Å². The number of aliphatic hydroxyl groups excluding tert-OH is 4. The van der Waals surface area contributed by atoms with E-state index < -0.39 is 8.32 Å². The van der Waals surface area contributed by atoms with Crippen LogP contribution in [-0.2, 0) is 37.5 Å². The Balaban J connectivity index is 0.000000160. The van der Waals surface area contributed by atoms with Gasteiger partial charge in [-0.15, -0.1) is 0 Å². The molecule has 15 rings (SSSR count). The topological polar surface area (TPSA) is 136 Å². The van der Waals surface area contributed by atoms with E-state index in [2.05, 4.69) is 146 Å². The maximum Gasteiger partial charge on any atom is 0.192 e. The monoisotopic (exact) mass is 1830 g/mol. The maximum atomic E-state index is 15.0. The molecule has 10 aromatic carbocycles. The summed E-state index contributed by atoms with van der Waals surface area (Å²) in [5, 5.41) is 38.6. The fraction of sp³-hybridized carbons (Fsp3) is 0.483. The third-order valence-electron chi connectivity index (χ3n) is 30.4. The van der Waals surface area contributed by atoms with Crippen LogP contribution in [0, 0.1) is 56.2 Å². The highest BCUT2D eigenvalue weighted by Gasteiger charge is 2.42. The minimum absolute atomic E-state index is 0.00101. The van der Waals surface area contributed by atoms with Crippen molar-refractivity contribution >= 4 is 8.32 Å². The fourth-order valence-electron chi connectivity index (χ4n) is 21.2. The summed E-state index contributed by atoms with van der Waals surface area (Å²) in [5.41, 5.74) is 18.9. The molecule has 0 radical (unpaired) electrons. The Morgan fingerprint density at radius 3 is 0.636 bits per heavy atom. The van der Waals surface area contributed by atoms with Gasteiger partial charge in [-0.1, -0.05) is 245 Å². The summed E-state index contributed by atoms with van der Waals surface area (Å²) in [6, 6.07) is 54.6. The molecule has 5 saturated carbocycles. The van der Waals surface area contributed by atoms with Crippen LogP contribution in [-0.4, -0.2) is 64.3 Å². The molecule has 0 amide bonds. The average Bonchev–Trinajstić information content (AvgIpc) is 0.784. The van der Waals surface area contributed by atoms with Gasteiger partial charge in [-0.3, -0.25) is 0 Å². The van der Waals surface area contributed by atoms with Crippen molar-refractivity contribution in [2.75, 3.05) is 35.5 Å². The number of halogens is 5. The normalized spacial score (nSPS) is 19.5. The molecule has 712 valence electrons. The van der Waals surface area contributed by atoms with Gasteiger partial charge < -0.3 is 48.5 Å². The molecular formula is C116H149F5O10Si. The first-order valence-corrected chi connectivity index (χ1v) is 51.0. The van der Waals surface area contributed by atoms with Crippen LogP contribution in [0.1, 0.15) is 304 Å². The predicted octanol–water partition coefficient (Wildman–Crippen LogP) is 31.4. The summed E-state index contributed by atoms with van der Waals surface area (Å²) in [6.07, 6.45) is 23.6. The van der Waals surface area contributed by atoms with Crippen LogP contribution in [0.15, 0.2) is 182 Å². The molecule has 4 N–H and O–H groups in total. The lowest BCUT2D eigenvalue weighted by Gasteiger charge is -2.40. The van der Waals surface area contributed by atoms with E-state index in [1.54, 1.807) is 90.1 Å². The largest absolute Gasteiger partial charge is 0.497 e. The number of benzene rings is 10. The zero-order valence-corrected chi connectivity index (χ0v) is 83.5. The second-order valence-electron chi connectivity index (χ2n) is 42.5. The Bertz CT molecular complexity index is 4990. The van der Waals surface area contributed by atoms with Gasteiger partial charge in [-0.05, 0) is 313 Å². The van der Waals surface area contributed by atoms with Crippen molar-refractivity contribution in [3.63, 3.8) is 0 Å². The van der Waals surface area contributed by atoms with Crippen LogP contribution >= 0.6 is 0 Å². The summed E-state index contributed by atoms with van der Waals surface area (Å²) in [4.78, 5) is 0. The van der Waals surface area contributed by atoms with E-state index in [0.717, 1.165) is 104 Å². The molecule has 0 spiro atoms. The number of aliphatic hydroxyl groups is 4. The molecule has 10 nitrogen and oxygen atoms in total. The van der Waals surface area contributed by atoms with E-state index in [9.17, 15) is 42.4 Å². The lowest BCUT2D eigenvalue weighted by atomic mass is 9.65. The van der Waals surface area contributed by atoms with Crippen LogP contribution in [0.25, 0.3) is 55.6 Å². The van der Waals surface area contributed by atoms with Crippen molar-refractivity contribution in [1.29, 1.82) is 0 Å². The Morgan fingerprint density at radius 2 is 0.462 bits per heavy atom. The zero-order valence-electron chi connectivity index (χ0n) is 82.5. The van der Waals surface area contributed by atoms with E-state index in [0.29, 0.717) is 92.8 Å². The SMILES string of the molecule is COc1ccc(F)c(-c2ccc(CO)cc2C2CCCCC2(C)C)c1.COc1ccc(F)c(-c2ccc(CO)cc2C2CCCCC2(C)C)c1.COc1ccc(F)c(-c2ccc(CO)cc2[C@@H]2CCCCC2(C)C)c1.COc1ccc(F)c(-c2ccc(CO)cc2[C@H]2CCCCC2(C)C)c1.COc1ccc(F)c(-c2ccc(CO[Si](C)(C)C(C)(C)C)cc2C2CCCCC2(C)C)c1. The molecular weight excluding hydrogens is 1680 g/mol. The number of ether oxygens (including phenoxy) is 5. The molecule has 3 unspecified atom stereocenters. The van der Waals surface area contributed by atoms with Gasteiger partial charge in [0.15, 0.2) is 8.32 Å². The summed E-state index contributed by atoms with van der Waals surface area (Å²) < 4.78 is 107. The number of hydrogen-bond donors (Lipinski definition) is 4. The third kappa shape index (κ3) is 24.9. The summed E-state index contributed by atoms with van der Waals surface area (Å²) in [6.45, 7) is 35.1. The molecule has 5 fully saturated rings. The minimum atomic E-state index is -1.85. The highest BCUT2D eigenvalue weighted by atomic mass is 28.4. The lowest BCUT2D eigenvalue weighted by Crippen LogP contribution is -2.40. The molecule has 5 atom stereocenters. The summed E-state index contributed by atoms with van der Waals surface area (Å²) in [5.74, 6) is 3.92. The van der Waals surface area contributed by atoms with Gasteiger partial charge in [0, 0.05) is 27.8 Å². The van der Waals surface area contributed by atoms with Gasteiger partial charge in [-0.25, -0.2) is 22.0 Å². The molecule has 16 heteroatoms. The van der Waals surface area contributed by atoms with E-state index in [1.165, 1.54) is 138 Å². The number of methoxy groups -OCH3 is 5. The molecule has 0 heterocycles. The molecule has 5 aliphatic rings. The van der Waals surface area contributed by atoms with Crippen LogP contribution in [0.3, 0.4) is 0 Å². The third-order valence-corrected chi connectivity index (χ3v) is 34.9. The Labute approximate surface area is 787 Å². The predicted molar refractivity (Wildman–Crippen MR) is 533 cm³/mol. The standard InChI is InChI=1S/C28H41FO2Si.4C22H27FO2/c1-27(2,3)32(7,8)31-19-20-12-14-22(24-18-21(30-6)13-15-26(24)29)23(17-20)25-11-9-10-16-28(25,4)5;4*1-22(2)11-5-4-6-20(22)18-12-15(14-24)7-9-17(18)19-13-16(25-3)8-10-21(19)23/h12-15,17-18,25H,9-11,16,19H2,1-8H3;4*7-10,12-13,20,24H,4-6,11,14H2,1-3H3/t;2*20-;;/m.10../s1. The molecule has 0 aromatic heterocycles. The lowest BCUT2D eigenvalue weighted by molar-refractivity contribution is 0.199. The maximum absolute atomic E-state index is 15.0. The van der Waals surface area contributed by atoms with E-state index in [1.807, 2.05) is 54.6 Å². The Morgan fingerprint density at radius 1 is 0.273 bits per heavy atom. The number of hydrogen-bond acceptors (Lipinski definition) is 10. The van der Waals surface area contributed by atoms with E-state index >= 15 is 0 Å². The molecule has 0 aliphatic heterocycles. The van der Waals surface area contributed by atoms with Crippen molar-refractivity contribution < 1.29 is 70.5 Å². The van der Waals surface area contributed by atoms with Crippen molar-refractivity contribution in [2.45, 2.75) is 299 Å². The minimum Gasteiger partial charge on any atom is -0.497 e. The van der Waals surface area contributed by atoms with E-state index in [4.69, 9.17) is 28.1 Å². The second-order valence-corrected chi connectivity index (χ2v) is 47.3. The highest BCUT2D eigenvalue weighted by molar-refractivity contribution is 6.74. The van der Waals surface area contributed by atoms with Gasteiger partial charge in [0.05, 0.1) is 68.6 Å². The van der Waals surface area contributed by atoms with E-state index in [-0.39, 0.29) is 87.6 Å². The fourth-order valence-corrected chi connectivity index (χ4v) is 22.2. The van der Waals surface area contributed by atoms with Gasteiger partial charge >= 0.3 is 0 Å². The van der Waals surface area contributed by atoms with Gasteiger partial charge in [0.25, 0.3) is 0 Å². The smallest absolute Gasteiger partial charge is 0.192 e. The first kappa shape index (κ1) is 103. The summed E-state index contributed by atoms with van der Waals surface area (Å²) >= 11 is 0. The quantitative estimate of drug-likeness (QED) is 0.0384. The number of rotatable bonds is 22. The van der Waals surface area contributed by atoms with Gasteiger partial charge in [-0.2, -0.15) is 0 Å². The van der Waals surface area contributed by atoms with Gasteiger partial charge in [0.2, 0.25) is 0 Å². The van der Waals surface area contributed by atoms with Crippen LogP contribution in [0.2, 0.25) is 18.1 Å². The first-order valence-electron chi connectivity index (χ1n) is 48.1. The van der Waals surface area contributed by atoms with Crippen molar-refractivity contribution in [1.82, 2.24) is 0 Å². The van der Waals surface area contributed by atoms with Crippen LogP contribution in [0.4, 0.5) is 22.0 Å². The van der Waals surface area contributed by atoms with Crippen molar-refractivity contribution in [3.05, 3.63) is 267 Å². The Hall–Kier alpha value is -9.13. The second kappa shape index (κ2) is 45.0. The molecule has 0 bridgehead atoms. The Kier molecular flexibility index (Phi) is 35.3. The molecule has 0 saturated heterocycles. The van der Waals surface area contributed by atoms with Crippen molar-refractivity contribution in [3.8, 4) is 84.4 Å². The first-order chi connectivity index (χ1) is 62.7.